The van der Waals surface area contributed by atoms with Gasteiger partial charge in [-0.25, -0.2) is 18.2 Å². The van der Waals surface area contributed by atoms with Gasteiger partial charge in [0, 0.05) is 44.1 Å². The molecule has 0 saturated carbocycles. The number of anilines is 2. The van der Waals surface area contributed by atoms with Gasteiger partial charge in [-0.05, 0) is 37.3 Å². The number of hydrogen-bond acceptors (Lipinski definition) is 7. The fraction of sp³-hybridized carbons (Fsp3) is 0.370. The molecule has 4 rings (SSSR count). The smallest absolute Gasteiger partial charge is 0.323 e. The van der Waals surface area contributed by atoms with E-state index in [2.05, 4.69) is 15.6 Å². The van der Waals surface area contributed by atoms with Crippen molar-refractivity contribution < 1.29 is 27.9 Å². The zero-order valence-electron chi connectivity index (χ0n) is 22.8. The Labute approximate surface area is 233 Å². The van der Waals surface area contributed by atoms with E-state index in [-0.39, 0.29) is 47.9 Å². The van der Waals surface area contributed by atoms with E-state index in [0.717, 1.165) is 0 Å². The van der Waals surface area contributed by atoms with Crippen molar-refractivity contribution in [2.24, 2.45) is 13.0 Å². The molecule has 0 unspecified atom stereocenters. The second-order valence-corrected chi connectivity index (χ2v) is 11.9. The number of sulfonamides is 1. The number of carbonyl (C=O) groups excluding carboxylic acids is 2. The number of fused-ring (bicyclic) bond motifs is 1. The molecule has 0 radical (unpaired) electrons. The predicted molar refractivity (Wildman–Crippen MR) is 150 cm³/mol. The first-order valence-corrected chi connectivity index (χ1v) is 14.2. The average molecular weight is 571 g/mol. The number of benzene rings is 2. The van der Waals surface area contributed by atoms with Crippen LogP contribution in [0, 0.1) is 5.92 Å². The van der Waals surface area contributed by atoms with Crippen molar-refractivity contribution in [3.8, 4) is 5.75 Å². The number of likely N-dealkylation sites (N-methyl/N-ethyl adjacent to an activating group) is 1. The molecule has 3 amide bonds. The first-order valence-electron chi connectivity index (χ1n) is 12.8. The molecule has 0 spiro atoms. The van der Waals surface area contributed by atoms with E-state index in [9.17, 15) is 23.1 Å². The third kappa shape index (κ3) is 6.43. The van der Waals surface area contributed by atoms with E-state index < -0.39 is 28.2 Å². The Morgan fingerprint density at radius 1 is 1.20 bits per heavy atom. The molecular formula is C27H34N6O6S. The molecule has 1 aliphatic heterocycles. The van der Waals surface area contributed by atoms with E-state index in [1.54, 1.807) is 59.8 Å². The summed E-state index contributed by atoms with van der Waals surface area (Å²) in [5.74, 6) is -0.417. The number of hydrogen-bond donors (Lipinski definition) is 3. The topological polar surface area (TPSA) is 146 Å². The summed E-state index contributed by atoms with van der Waals surface area (Å²) in [5, 5.41) is 15.2. The molecule has 1 aliphatic rings. The average Bonchev–Trinajstić information content (AvgIpc) is 3.38. The minimum Gasteiger partial charge on any atom is -0.488 e. The molecule has 0 fully saturated rings. The number of para-hydroxylation sites is 1. The summed E-state index contributed by atoms with van der Waals surface area (Å²) in [4.78, 5) is 31.7. The largest absolute Gasteiger partial charge is 0.488 e. The van der Waals surface area contributed by atoms with Crippen LogP contribution in [0.5, 0.6) is 5.75 Å². The number of aliphatic hydroxyl groups excluding tert-OH is 1. The summed E-state index contributed by atoms with van der Waals surface area (Å²) in [6.45, 7) is 3.55. The second-order valence-electron chi connectivity index (χ2n) is 9.94. The van der Waals surface area contributed by atoms with Crippen LogP contribution in [0.4, 0.5) is 16.2 Å². The molecule has 1 aromatic heterocycles. The van der Waals surface area contributed by atoms with Crippen molar-refractivity contribution in [3.05, 3.63) is 66.6 Å². The number of aromatic nitrogens is 2. The SMILES string of the molecule is C[C@@H]1CN([C@@H](C)CO)C(=O)c2cc(NC(=O)Nc3ccccc3)ccc2O[C@H]1CN(C)S(=O)(=O)c1cn(C)cn1. The van der Waals surface area contributed by atoms with Gasteiger partial charge in [0.1, 0.15) is 11.9 Å². The summed E-state index contributed by atoms with van der Waals surface area (Å²) >= 11 is 0. The van der Waals surface area contributed by atoms with E-state index in [0.29, 0.717) is 11.4 Å². The number of nitrogens with zero attached hydrogens (tertiary/aromatic N) is 4. The lowest BCUT2D eigenvalue weighted by Crippen LogP contribution is -2.50. The molecule has 0 aliphatic carbocycles. The maximum absolute atomic E-state index is 13.6. The number of aliphatic hydroxyl groups is 1. The van der Waals surface area contributed by atoms with Gasteiger partial charge in [0.25, 0.3) is 15.9 Å². The first kappa shape index (κ1) is 29.1. The van der Waals surface area contributed by atoms with E-state index in [1.807, 2.05) is 13.0 Å². The molecule has 214 valence electrons. The molecule has 13 heteroatoms. The number of carbonyl (C=O) groups is 2. The normalized spacial score (nSPS) is 18.4. The van der Waals surface area contributed by atoms with Gasteiger partial charge in [-0.2, -0.15) is 4.31 Å². The summed E-state index contributed by atoms with van der Waals surface area (Å²) < 4.78 is 35.3. The van der Waals surface area contributed by atoms with Crippen molar-refractivity contribution in [2.75, 3.05) is 37.4 Å². The number of amides is 3. The molecule has 0 saturated heterocycles. The zero-order valence-corrected chi connectivity index (χ0v) is 23.6. The summed E-state index contributed by atoms with van der Waals surface area (Å²) in [7, 11) is -0.743. The van der Waals surface area contributed by atoms with Crippen LogP contribution in [-0.2, 0) is 17.1 Å². The maximum Gasteiger partial charge on any atom is 0.323 e. The molecule has 12 nitrogen and oxygen atoms in total. The highest BCUT2D eigenvalue weighted by molar-refractivity contribution is 7.89. The lowest BCUT2D eigenvalue weighted by molar-refractivity contribution is 0.0387. The van der Waals surface area contributed by atoms with Crippen LogP contribution in [0.2, 0.25) is 0 Å². The van der Waals surface area contributed by atoms with Gasteiger partial charge in [-0.15, -0.1) is 0 Å². The monoisotopic (exact) mass is 570 g/mol. The molecule has 2 heterocycles. The van der Waals surface area contributed by atoms with Crippen LogP contribution < -0.4 is 15.4 Å². The fourth-order valence-electron chi connectivity index (χ4n) is 4.37. The highest BCUT2D eigenvalue weighted by atomic mass is 32.2. The summed E-state index contributed by atoms with van der Waals surface area (Å²) in [6.07, 6.45) is 2.20. The van der Waals surface area contributed by atoms with Gasteiger partial charge in [0.05, 0.1) is 31.1 Å². The fourth-order valence-corrected chi connectivity index (χ4v) is 5.51. The van der Waals surface area contributed by atoms with Crippen LogP contribution in [0.1, 0.15) is 24.2 Å². The van der Waals surface area contributed by atoms with Crippen molar-refractivity contribution in [2.45, 2.75) is 31.0 Å². The third-order valence-electron chi connectivity index (χ3n) is 6.75. The van der Waals surface area contributed by atoms with Crippen LogP contribution in [-0.4, -0.2) is 83.1 Å². The number of nitrogens with one attached hydrogen (secondary N) is 2. The lowest BCUT2D eigenvalue weighted by Gasteiger charge is -2.38. The zero-order chi connectivity index (χ0) is 29.0. The van der Waals surface area contributed by atoms with Gasteiger partial charge >= 0.3 is 6.03 Å². The second kappa shape index (κ2) is 12.1. The number of urea groups is 1. The quantitative estimate of drug-likeness (QED) is 0.377. The Balaban J connectivity index is 1.61. The number of aryl methyl sites for hydroxylation is 1. The van der Waals surface area contributed by atoms with Crippen molar-refractivity contribution in [1.29, 1.82) is 0 Å². The first-order chi connectivity index (χ1) is 19.0. The predicted octanol–water partition coefficient (Wildman–Crippen LogP) is 2.60. The number of imidazole rings is 1. The molecule has 0 bridgehead atoms. The molecule has 3 N–H and O–H groups in total. The number of rotatable bonds is 8. The molecule has 3 aromatic rings. The van der Waals surface area contributed by atoms with Crippen LogP contribution >= 0.6 is 0 Å². The van der Waals surface area contributed by atoms with Crippen LogP contribution in [0.25, 0.3) is 0 Å². The lowest BCUT2D eigenvalue weighted by atomic mass is 9.99. The Hall–Kier alpha value is -3.94. The van der Waals surface area contributed by atoms with E-state index in [4.69, 9.17) is 4.74 Å². The maximum atomic E-state index is 13.6. The van der Waals surface area contributed by atoms with Gasteiger partial charge < -0.3 is 29.9 Å². The van der Waals surface area contributed by atoms with Gasteiger partial charge in [0.15, 0.2) is 5.03 Å². The standard InChI is InChI=1S/C27H34N6O6S/c1-18-13-33(19(2)16-34)26(35)22-12-21(30-27(36)29-20-8-6-5-7-9-20)10-11-23(22)39-24(18)14-32(4)40(37,38)25-15-31(3)17-28-25/h5-12,15,17-19,24,34H,13-14,16H2,1-4H3,(H2,29,30,36)/t18-,19+,24+/m1/s1. The van der Waals surface area contributed by atoms with E-state index >= 15 is 0 Å². The van der Waals surface area contributed by atoms with Crippen molar-refractivity contribution >= 4 is 33.3 Å². The Morgan fingerprint density at radius 3 is 2.55 bits per heavy atom. The Morgan fingerprint density at radius 2 is 1.90 bits per heavy atom. The minimum atomic E-state index is -3.88. The van der Waals surface area contributed by atoms with E-state index in [1.165, 1.54) is 29.9 Å². The molecule has 2 aromatic carbocycles. The third-order valence-corrected chi connectivity index (χ3v) is 8.46. The van der Waals surface area contributed by atoms with Gasteiger partial charge in [0.2, 0.25) is 0 Å². The van der Waals surface area contributed by atoms with Gasteiger partial charge in [-0.1, -0.05) is 25.1 Å². The highest BCUT2D eigenvalue weighted by Crippen LogP contribution is 2.31. The van der Waals surface area contributed by atoms with Gasteiger partial charge in [-0.3, -0.25) is 4.79 Å². The Bertz CT molecular complexity index is 1460. The van der Waals surface area contributed by atoms with Crippen LogP contribution in [0.15, 0.2) is 66.1 Å². The summed E-state index contributed by atoms with van der Waals surface area (Å²) in [5.41, 5.74) is 1.15. The number of ether oxygens (including phenoxy) is 1. The molecule has 3 atom stereocenters. The molecule has 40 heavy (non-hydrogen) atoms. The van der Waals surface area contributed by atoms with Crippen molar-refractivity contribution in [3.63, 3.8) is 0 Å². The van der Waals surface area contributed by atoms with Crippen LogP contribution in [0.3, 0.4) is 0 Å². The minimum absolute atomic E-state index is 0.00542. The van der Waals surface area contributed by atoms with Crippen molar-refractivity contribution in [1.82, 2.24) is 18.8 Å². The summed E-state index contributed by atoms with van der Waals surface area (Å²) in [6, 6.07) is 12.6. The Kier molecular flexibility index (Phi) is 8.76. The highest BCUT2D eigenvalue weighted by Gasteiger charge is 2.35. The molecular weight excluding hydrogens is 536 g/mol.